The average molecular weight is 436 g/mol. The number of furan rings is 1. The van der Waals surface area contributed by atoms with Crippen molar-refractivity contribution in [2.45, 2.75) is 13.0 Å². The first-order valence-corrected chi connectivity index (χ1v) is 9.61. The van der Waals surface area contributed by atoms with Crippen LogP contribution in [-0.2, 0) is 4.79 Å². The number of aromatic nitrogens is 2. The topological polar surface area (TPSA) is 96.5 Å². The molecule has 10 heteroatoms. The summed E-state index contributed by atoms with van der Waals surface area (Å²) < 4.78 is 5.40. The van der Waals surface area contributed by atoms with E-state index >= 15 is 0 Å². The van der Waals surface area contributed by atoms with Gasteiger partial charge in [-0.15, -0.1) is 10.2 Å². The highest BCUT2D eigenvalue weighted by molar-refractivity contribution is 7.13. The second-order valence-electron chi connectivity index (χ2n) is 5.94. The molecule has 1 unspecified atom stereocenters. The Morgan fingerprint density at radius 2 is 1.96 bits per heavy atom. The van der Waals surface area contributed by atoms with Crippen LogP contribution in [0.15, 0.2) is 51.6 Å². The van der Waals surface area contributed by atoms with Gasteiger partial charge in [-0.25, -0.2) is 0 Å². The Morgan fingerprint density at radius 3 is 2.54 bits per heavy atom. The third-order valence-corrected chi connectivity index (χ3v) is 5.59. The van der Waals surface area contributed by atoms with Crippen LogP contribution >= 0.6 is 34.5 Å². The van der Waals surface area contributed by atoms with E-state index in [0.717, 1.165) is 16.2 Å². The molecule has 0 bridgehead atoms. The van der Waals surface area contributed by atoms with Crippen LogP contribution in [0, 0.1) is 6.92 Å². The zero-order chi connectivity index (χ0) is 20.0. The van der Waals surface area contributed by atoms with E-state index in [-0.39, 0.29) is 26.5 Å². The quantitative estimate of drug-likeness (QED) is 0.604. The lowest BCUT2D eigenvalue weighted by atomic mass is 9.95. The molecule has 3 heterocycles. The monoisotopic (exact) mass is 435 g/mol. The molecule has 1 atom stereocenters. The molecule has 2 aromatic heterocycles. The van der Waals surface area contributed by atoms with Gasteiger partial charge < -0.3 is 9.52 Å². The maximum Gasteiger partial charge on any atom is 0.296 e. The van der Waals surface area contributed by atoms with Gasteiger partial charge in [0.1, 0.15) is 17.3 Å². The molecule has 0 aliphatic carbocycles. The number of amides is 1. The number of aliphatic hydroxyl groups is 1. The summed E-state index contributed by atoms with van der Waals surface area (Å²) in [6.07, 6.45) is 0. The summed E-state index contributed by atoms with van der Waals surface area (Å²) in [5.41, 5.74) is 1.54. The zero-order valence-electron chi connectivity index (χ0n) is 14.2. The van der Waals surface area contributed by atoms with Crippen molar-refractivity contribution in [3.8, 4) is 0 Å². The predicted molar refractivity (Wildman–Crippen MR) is 104 cm³/mol. The smallest absolute Gasteiger partial charge is 0.296 e. The maximum atomic E-state index is 13.1. The van der Waals surface area contributed by atoms with E-state index < -0.39 is 23.5 Å². The van der Waals surface area contributed by atoms with E-state index in [9.17, 15) is 14.7 Å². The molecular formula is C18H11Cl2N3O4S. The van der Waals surface area contributed by atoms with Crippen molar-refractivity contribution in [2.75, 3.05) is 4.90 Å². The molecule has 0 fully saturated rings. The fourth-order valence-electron chi connectivity index (χ4n) is 3.04. The number of aryl methyl sites for hydroxylation is 1. The number of ketones is 1. The minimum Gasteiger partial charge on any atom is -0.503 e. The molecular weight excluding hydrogens is 425 g/mol. The molecule has 0 saturated carbocycles. The van der Waals surface area contributed by atoms with Crippen LogP contribution in [0.5, 0.6) is 0 Å². The summed E-state index contributed by atoms with van der Waals surface area (Å²) in [6, 6.07) is 6.81. The van der Waals surface area contributed by atoms with Crippen molar-refractivity contribution in [2.24, 2.45) is 0 Å². The van der Waals surface area contributed by atoms with E-state index in [1.807, 2.05) is 0 Å². The van der Waals surface area contributed by atoms with Crippen LogP contribution in [0.3, 0.4) is 0 Å². The molecule has 0 saturated heterocycles. The van der Waals surface area contributed by atoms with Crippen molar-refractivity contribution in [1.29, 1.82) is 0 Å². The van der Waals surface area contributed by atoms with Crippen LogP contribution in [0.4, 0.5) is 5.13 Å². The van der Waals surface area contributed by atoms with Gasteiger partial charge in [-0.2, -0.15) is 0 Å². The summed E-state index contributed by atoms with van der Waals surface area (Å²) in [5.74, 6) is -1.66. The number of Topliss-reactive ketones (excluding diaryl/α,β-unsaturated/α-hetero) is 1. The highest BCUT2D eigenvalue weighted by Crippen LogP contribution is 2.46. The van der Waals surface area contributed by atoms with Gasteiger partial charge in [-0.3, -0.25) is 14.5 Å². The summed E-state index contributed by atoms with van der Waals surface area (Å²) in [4.78, 5) is 27.1. The highest BCUT2D eigenvalue weighted by Gasteiger charge is 2.47. The van der Waals surface area contributed by atoms with E-state index in [1.54, 1.807) is 31.2 Å². The van der Waals surface area contributed by atoms with Gasteiger partial charge in [-0.05, 0) is 31.2 Å². The molecule has 0 spiro atoms. The van der Waals surface area contributed by atoms with Crippen molar-refractivity contribution < 1.29 is 19.1 Å². The summed E-state index contributed by atoms with van der Waals surface area (Å²) in [7, 11) is 0. The van der Waals surface area contributed by atoms with E-state index in [0.29, 0.717) is 11.3 Å². The number of carbonyl (C=O) groups is 2. The second-order valence-corrected chi connectivity index (χ2v) is 7.56. The van der Waals surface area contributed by atoms with Crippen molar-refractivity contribution in [1.82, 2.24) is 10.2 Å². The summed E-state index contributed by atoms with van der Waals surface area (Å²) >= 11 is 13.8. The number of hydrogen-bond donors (Lipinski definition) is 1. The van der Waals surface area contributed by atoms with Gasteiger partial charge in [0.2, 0.25) is 10.9 Å². The van der Waals surface area contributed by atoms with Crippen LogP contribution < -0.4 is 4.90 Å². The Balaban J connectivity index is 1.94. The highest BCUT2D eigenvalue weighted by atomic mass is 35.5. The minimum absolute atomic E-state index is 0.0147. The van der Waals surface area contributed by atoms with E-state index in [1.165, 1.54) is 11.6 Å². The fraction of sp³-hybridized carbons (Fsp3) is 0.111. The normalized spacial score (nSPS) is 16.9. The lowest BCUT2D eigenvalue weighted by Gasteiger charge is -2.25. The summed E-state index contributed by atoms with van der Waals surface area (Å²) in [5, 5.41) is 18.9. The number of hydrogen-bond acceptors (Lipinski definition) is 7. The maximum absolute atomic E-state index is 13.1. The van der Waals surface area contributed by atoms with E-state index in [2.05, 4.69) is 10.2 Å². The molecule has 142 valence electrons. The number of halogens is 2. The second kappa shape index (κ2) is 7.05. The van der Waals surface area contributed by atoms with Crippen molar-refractivity contribution in [3.05, 3.63) is 74.3 Å². The molecule has 1 amide bonds. The standard InChI is InChI=1S/C18H11Cl2N3O4S/c1-8-5-6-11(27-8)15(24)13-14(12-9(19)3-2-4-10(12)20)23(17(26)16(13)25)18-22-21-7-28-18/h2-7,14,25H,1H3. The lowest BCUT2D eigenvalue weighted by Crippen LogP contribution is -2.31. The third-order valence-electron chi connectivity index (χ3n) is 4.24. The first-order valence-electron chi connectivity index (χ1n) is 7.98. The summed E-state index contributed by atoms with van der Waals surface area (Å²) in [6.45, 7) is 1.68. The number of benzene rings is 1. The Hall–Kier alpha value is -2.68. The first-order chi connectivity index (χ1) is 13.4. The van der Waals surface area contributed by atoms with Crippen LogP contribution in [0.1, 0.15) is 27.9 Å². The van der Waals surface area contributed by atoms with Gasteiger partial charge in [0.05, 0.1) is 5.57 Å². The number of aliphatic hydroxyl groups excluding tert-OH is 1. The van der Waals surface area contributed by atoms with Crippen molar-refractivity contribution >= 4 is 51.4 Å². The molecule has 1 aromatic carbocycles. The number of rotatable bonds is 4. The Labute approximate surface area is 172 Å². The van der Waals surface area contributed by atoms with E-state index in [4.69, 9.17) is 27.6 Å². The fourth-order valence-corrected chi connectivity index (χ4v) is 4.23. The molecule has 1 N–H and O–H groups in total. The largest absolute Gasteiger partial charge is 0.503 e. The van der Waals surface area contributed by atoms with Gasteiger partial charge in [0.25, 0.3) is 5.91 Å². The average Bonchev–Trinajstić information content (AvgIpc) is 3.37. The first kappa shape index (κ1) is 18.7. The number of nitrogens with zero attached hydrogens (tertiary/aromatic N) is 3. The molecule has 3 aromatic rings. The van der Waals surface area contributed by atoms with Gasteiger partial charge in [0.15, 0.2) is 11.5 Å². The number of anilines is 1. The Kier molecular flexibility index (Phi) is 4.70. The van der Waals surface area contributed by atoms with Gasteiger partial charge >= 0.3 is 0 Å². The Morgan fingerprint density at radius 1 is 1.25 bits per heavy atom. The lowest BCUT2D eigenvalue weighted by molar-refractivity contribution is -0.117. The molecule has 0 radical (unpaired) electrons. The van der Waals surface area contributed by atoms with Crippen LogP contribution in [-0.4, -0.2) is 27.0 Å². The van der Waals surface area contributed by atoms with Crippen LogP contribution in [0.2, 0.25) is 10.0 Å². The molecule has 1 aliphatic heterocycles. The predicted octanol–water partition coefficient (Wildman–Crippen LogP) is 4.53. The molecule has 7 nitrogen and oxygen atoms in total. The van der Waals surface area contributed by atoms with Crippen LogP contribution in [0.25, 0.3) is 0 Å². The molecule has 1 aliphatic rings. The SMILES string of the molecule is Cc1ccc(C(=O)C2=C(O)C(=O)N(c3nncs3)C2c2c(Cl)cccc2Cl)o1. The molecule has 28 heavy (non-hydrogen) atoms. The van der Waals surface area contributed by atoms with Gasteiger partial charge in [0, 0.05) is 15.6 Å². The Bertz CT molecular complexity index is 1100. The number of carbonyl (C=O) groups excluding carboxylic acids is 2. The van der Waals surface area contributed by atoms with Gasteiger partial charge in [-0.1, -0.05) is 40.6 Å². The van der Waals surface area contributed by atoms with Crippen molar-refractivity contribution in [3.63, 3.8) is 0 Å². The third kappa shape index (κ3) is 2.90. The zero-order valence-corrected chi connectivity index (χ0v) is 16.5. The molecule has 4 rings (SSSR count). The minimum atomic E-state index is -1.08.